The Morgan fingerprint density at radius 3 is 2.79 bits per heavy atom. The van der Waals surface area contributed by atoms with Crippen LogP contribution in [0.25, 0.3) is 23.0 Å². The first-order valence-corrected chi connectivity index (χ1v) is 11.0. The Balaban J connectivity index is 1.31. The third-order valence-corrected chi connectivity index (χ3v) is 6.07. The van der Waals surface area contributed by atoms with E-state index in [4.69, 9.17) is 4.42 Å². The molecule has 33 heavy (non-hydrogen) atoms. The zero-order chi connectivity index (χ0) is 22.9. The number of hydrogen-bond donors (Lipinski definition) is 2. The molecule has 1 saturated heterocycles. The van der Waals surface area contributed by atoms with E-state index >= 15 is 0 Å². The molecule has 2 aliphatic heterocycles. The van der Waals surface area contributed by atoms with Gasteiger partial charge in [-0.3, -0.25) is 9.59 Å². The quantitative estimate of drug-likeness (QED) is 0.584. The lowest BCUT2D eigenvalue weighted by molar-refractivity contribution is -0.110. The molecule has 1 unspecified atom stereocenters. The van der Waals surface area contributed by atoms with Crippen LogP contribution in [0.4, 0.5) is 10.1 Å². The van der Waals surface area contributed by atoms with Crippen LogP contribution in [0.5, 0.6) is 0 Å². The summed E-state index contributed by atoms with van der Waals surface area (Å²) >= 11 is 0. The smallest absolute Gasteiger partial charge is 0.256 e. The Bertz CT molecular complexity index is 1250. The fraction of sp³-hybridized carbons (Fsp3) is 0.231. The van der Waals surface area contributed by atoms with Crippen molar-refractivity contribution < 1.29 is 18.4 Å². The van der Waals surface area contributed by atoms with Gasteiger partial charge in [0.1, 0.15) is 17.3 Å². The average Bonchev–Trinajstić information content (AvgIpc) is 3.39. The van der Waals surface area contributed by atoms with E-state index in [0.29, 0.717) is 33.9 Å². The van der Waals surface area contributed by atoms with Crippen LogP contribution >= 0.6 is 0 Å². The third kappa shape index (κ3) is 4.45. The molecule has 1 aromatic heterocycles. The van der Waals surface area contributed by atoms with Crippen LogP contribution in [0.3, 0.4) is 0 Å². The number of amides is 2. The van der Waals surface area contributed by atoms with Crippen molar-refractivity contribution >= 4 is 29.2 Å². The number of carbonyl (C=O) groups is 2. The number of likely N-dealkylation sites (N-methyl/N-ethyl adjacent to an activating group) is 1. The standard InChI is InChI=1S/C26H24FN3O3/c1-30-12-2-3-19(15-30)28-25(31)17-6-4-16(5-7-17)24-11-9-20(33-24)14-22-21-13-18(27)8-10-23(21)29-26(22)32/h4-11,13-14,19H,2-3,12,15H2,1H3,(H,28,31)(H,29,32)/b22-14+. The summed E-state index contributed by atoms with van der Waals surface area (Å²) in [6, 6.07) is 15.1. The second-order valence-electron chi connectivity index (χ2n) is 8.56. The van der Waals surface area contributed by atoms with Crippen LogP contribution in [0.15, 0.2) is 59.0 Å². The maximum absolute atomic E-state index is 13.6. The number of nitrogens with zero attached hydrogens (tertiary/aromatic N) is 1. The van der Waals surface area contributed by atoms with Crippen LogP contribution in [-0.2, 0) is 4.79 Å². The number of anilines is 1. The molecule has 0 spiro atoms. The van der Waals surface area contributed by atoms with Gasteiger partial charge in [-0.2, -0.15) is 0 Å². The number of piperidine rings is 1. The Morgan fingerprint density at radius 2 is 2.00 bits per heavy atom. The van der Waals surface area contributed by atoms with Crippen molar-refractivity contribution in [2.45, 2.75) is 18.9 Å². The Labute approximate surface area is 191 Å². The van der Waals surface area contributed by atoms with Crippen molar-refractivity contribution in [2.75, 3.05) is 25.5 Å². The molecule has 2 aliphatic rings. The number of rotatable bonds is 4. The Hall–Kier alpha value is -3.71. The van der Waals surface area contributed by atoms with Gasteiger partial charge >= 0.3 is 0 Å². The zero-order valence-corrected chi connectivity index (χ0v) is 18.2. The molecular formula is C26H24FN3O3. The molecule has 3 heterocycles. The SMILES string of the molecule is CN1CCCC(NC(=O)c2ccc(-c3ccc(/C=C4/C(=O)Nc5ccc(F)cc54)o3)cc2)C1. The van der Waals surface area contributed by atoms with E-state index in [-0.39, 0.29) is 17.9 Å². The van der Waals surface area contributed by atoms with Crippen molar-refractivity contribution in [3.8, 4) is 11.3 Å². The highest BCUT2D eigenvalue weighted by Gasteiger charge is 2.25. The Morgan fingerprint density at radius 1 is 1.18 bits per heavy atom. The summed E-state index contributed by atoms with van der Waals surface area (Å²) in [6.07, 6.45) is 3.68. The maximum atomic E-state index is 13.6. The molecule has 6 nitrogen and oxygen atoms in total. The van der Waals surface area contributed by atoms with Crippen LogP contribution in [0, 0.1) is 5.82 Å². The van der Waals surface area contributed by atoms with Crippen molar-refractivity contribution in [3.63, 3.8) is 0 Å². The first-order valence-electron chi connectivity index (χ1n) is 11.0. The monoisotopic (exact) mass is 445 g/mol. The number of hydrogen-bond acceptors (Lipinski definition) is 4. The lowest BCUT2D eigenvalue weighted by Crippen LogP contribution is -2.46. The molecule has 0 bridgehead atoms. The highest BCUT2D eigenvalue weighted by molar-refractivity contribution is 6.34. The van der Waals surface area contributed by atoms with E-state index in [1.807, 2.05) is 12.1 Å². The van der Waals surface area contributed by atoms with Gasteiger partial charge in [0.25, 0.3) is 11.8 Å². The first kappa shape index (κ1) is 21.2. The third-order valence-electron chi connectivity index (χ3n) is 6.07. The number of likely N-dealkylation sites (tertiary alicyclic amines) is 1. The average molecular weight is 445 g/mol. The van der Waals surface area contributed by atoms with Crippen molar-refractivity contribution in [3.05, 3.63) is 77.3 Å². The molecular weight excluding hydrogens is 421 g/mol. The summed E-state index contributed by atoms with van der Waals surface area (Å²) in [5.74, 6) is 0.310. The summed E-state index contributed by atoms with van der Waals surface area (Å²) < 4.78 is 19.5. The van der Waals surface area contributed by atoms with E-state index in [2.05, 4.69) is 22.6 Å². The molecule has 7 heteroatoms. The number of halogens is 1. The highest BCUT2D eigenvalue weighted by atomic mass is 19.1. The largest absolute Gasteiger partial charge is 0.457 e. The first-order chi connectivity index (χ1) is 16.0. The lowest BCUT2D eigenvalue weighted by atomic mass is 10.0. The molecule has 0 aliphatic carbocycles. The predicted molar refractivity (Wildman–Crippen MR) is 125 cm³/mol. The second kappa shape index (κ2) is 8.67. The number of furan rings is 1. The van der Waals surface area contributed by atoms with Gasteiger partial charge in [-0.15, -0.1) is 0 Å². The fourth-order valence-corrected chi connectivity index (χ4v) is 4.37. The summed E-state index contributed by atoms with van der Waals surface area (Å²) in [5.41, 5.74) is 2.86. The predicted octanol–water partition coefficient (Wildman–Crippen LogP) is 4.40. The summed E-state index contributed by atoms with van der Waals surface area (Å²) in [7, 11) is 2.07. The van der Waals surface area contributed by atoms with Gasteiger partial charge in [-0.25, -0.2) is 4.39 Å². The van der Waals surface area contributed by atoms with Gasteiger partial charge in [0.15, 0.2) is 0 Å². The molecule has 2 N–H and O–H groups in total. The fourth-order valence-electron chi connectivity index (χ4n) is 4.37. The van der Waals surface area contributed by atoms with Crippen molar-refractivity contribution in [1.29, 1.82) is 0 Å². The van der Waals surface area contributed by atoms with Crippen LogP contribution in [0.1, 0.15) is 34.5 Å². The molecule has 168 valence electrons. The lowest BCUT2D eigenvalue weighted by Gasteiger charge is -2.30. The van der Waals surface area contributed by atoms with Crippen LogP contribution in [0.2, 0.25) is 0 Å². The van der Waals surface area contributed by atoms with E-state index < -0.39 is 5.82 Å². The number of nitrogens with one attached hydrogen (secondary N) is 2. The number of benzene rings is 2. The van der Waals surface area contributed by atoms with Gasteiger partial charge in [0, 0.05) is 35.0 Å². The molecule has 3 aromatic rings. The molecule has 0 radical (unpaired) electrons. The molecule has 5 rings (SSSR count). The molecule has 1 fully saturated rings. The molecule has 1 atom stereocenters. The highest BCUT2D eigenvalue weighted by Crippen LogP contribution is 2.34. The van der Waals surface area contributed by atoms with Gasteiger partial charge < -0.3 is 20.0 Å². The van der Waals surface area contributed by atoms with E-state index in [1.54, 1.807) is 36.4 Å². The van der Waals surface area contributed by atoms with E-state index in [9.17, 15) is 14.0 Å². The number of fused-ring (bicyclic) bond motifs is 1. The van der Waals surface area contributed by atoms with Gasteiger partial charge in [0.2, 0.25) is 0 Å². The summed E-state index contributed by atoms with van der Waals surface area (Å²) in [5, 5.41) is 5.83. The van der Waals surface area contributed by atoms with E-state index in [0.717, 1.165) is 31.5 Å². The minimum atomic E-state index is -0.407. The van der Waals surface area contributed by atoms with Crippen LogP contribution < -0.4 is 10.6 Å². The summed E-state index contributed by atoms with van der Waals surface area (Å²) in [4.78, 5) is 27.1. The van der Waals surface area contributed by atoms with Crippen LogP contribution in [-0.4, -0.2) is 42.9 Å². The molecule has 0 saturated carbocycles. The summed E-state index contributed by atoms with van der Waals surface area (Å²) in [6.45, 7) is 1.93. The Kier molecular flexibility index (Phi) is 5.56. The van der Waals surface area contributed by atoms with Gasteiger partial charge in [-0.1, -0.05) is 12.1 Å². The maximum Gasteiger partial charge on any atom is 0.256 e. The van der Waals surface area contributed by atoms with Crippen molar-refractivity contribution in [1.82, 2.24) is 10.2 Å². The normalized spacial score (nSPS) is 19.4. The zero-order valence-electron chi connectivity index (χ0n) is 18.2. The van der Waals surface area contributed by atoms with Crippen molar-refractivity contribution in [2.24, 2.45) is 0 Å². The van der Waals surface area contributed by atoms with Gasteiger partial charge in [-0.05, 0) is 75.0 Å². The topological polar surface area (TPSA) is 74.6 Å². The van der Waals surface area contributed by atoms with Gasteiger partial charge in [0.05, 0.1) is 5.57 Å². The molecule has 2 aromatic carbocycles. The molecule has 2 amide bonds. The minimum absolute atomic E-state index is 0.0788. The second-order valence-corrected chi connectivity index (χ2v) is 8.56. The minimum Gasteiger partial charge on any atom is -0.457 e. The van der Waals surface area contributed by atoms with E-state index in [1.165, 1.54) is 12.1 Å². The number of carbonyl (C=O) groups excluding carboxylic acids is 2.